The predicted octanol–water partition coefficient (Wildman–Crippen LogP) is 3.08. The minimum absolute atomic E-state index is 0.120. The van der Waals surface area contributed by atoms with Gasteiger partial charge in [0.2, 0.25) is 5.89 Å². The molecule has 2 aromatic rings. The Morgan fingerprint density at radius 1 is 1.33 bits per heavy atom. The molecule has 0 bridgehead atoms. The lowest BCUT2D eigenvalue weighted by molar-refractivity contribution is 0.00959. The van der Waals surface area contributed by atoms with Crippen LogP contribution in [0.1, 0.15) is 30.5 Å². The molecular formula is C18H20F2N4O3. The number of ether oxygens (including phenoxy) is 1. The van der Waals surface area contributed by atoms with E-state index in [2.05, 4.69) is 15.5 Å². The van der Waals surface area contributed by atoms with Crippen LogP contribution in [-0.4, -0.2) is 47.4 Å². The summed E-state index contributed by atoms with van der Waals surface area (Å²) in [6.07, 6.45) is 1.52. The lowest BCUT2D eigenvalue weighted by Gasteiger charge is -2.36. The molecule has 9 heteroatoms. The van der Waals surface area contributed by atoms with Crippen LogP contribution < -0.4 is 5.32 Å². The molecule has 2 saturated heterocycles. The molecule has 1 aromatic carbocycles. The number of amides is 2. The number of anilines is 1. The van der Waals surface area contributed by atoms with Crippen LogP contribution >= 0.6 is 0 Å². The van der Waals surface area contributed by atoms with Crippen molar-refractivity contribution in [2.75, 3.05) is 31.6 Å². The quantitative estimate of drug-likeness (QED) is 0.869. The Labute approximate surface area is 154 Å². The summed E-state index contributed by atoms with van der Waals surface area (Å²) in [5, 5.41) is 6.34. The fourth-order valence-electron chi connectivity index (χ4n) is 3.99. The number of carbonyl (C=O) groups is 1. The van der Waals surface area contributed by atoms with Crippen LogP contribution in [0, 0.1) is 24.0 Å². The van der Waals surface area contributed by atoms with Gasteiger partial charge in [-0.05, 0) is 31.9 Å². The van der Waals surface area contributed by atoms with Gasteiger partial charge in [0.25, 0.3) is 0 Å². The lowest BCUT2D eigenvalue weighted by atomic mass is 9.72. The summed E-state index contributed by atoms with van der Waals surface area (Å²) in [7, 11) is 0. The molecule has 0 aliphatic carbocycles. The monoisotopic (exact) mass is 378 g/mol. The molecule has 2 amide bonds. The maximum Gasteiger partial charge on any atom is 0.321 e. The predicted molar refractivity (Wildman–Crippen MR) is 91.2 cm³/mol. The van der Waals surface area contributed by atoms with Crippen LogP contribution in [0.3, 0.4) is 0 Å². The van der Waals surface area contributed by atoms with E-state index in [1.54, 1.807) is 11.8 Å². The van der Waals surface area contributed by atoms with Crippen molar-refractivity contribution in [3.05, 3.63) is 41.5 Å². The fourth-order valence-corrected chi connectivity index (χ4v) is 3.99. The Morgan fingerprint density at radius 3 is 2.81 bits per heavy atom. The average Bonchev–Trinajstić information content (AvgIpc) is 3.23. The second-order valence-electron chi connectivity index (χ2n) is 7.14. The first-order valence-electron chi connectivity index (χ1n) is 8.86. The van der Waals surface area contributed by atoms with Gasteiger partial charge in [-0.1, -0.05) is 5.16 Å². The van der Waals surface area contributed by atoms with Gasteiger partial charge < -0.3 is 19.5 Å². The van der Waals surface area contributed by atoms with Gasteiger partial charge in [-0.2, -0.15) is 4.98 Å². The third-order valence-corrected chi connectivity index (χ3v) is 5.44. The SMILES string of the molecule is Cc1noc([C@@H]2CN(C(=O)Nc3cc(F)ccc3F)CC23CCOCC3)n1. The molecule has 2 aliphatic heterocycles. The number of hydrogen-bond acceptors (Lipinski definition) is 5. The molecule has 1 N–H and O–H groups in total. The van der Waals surface area contributed by atoms with Gasteiger partial charge in [0, 0.05) is 37.8 Å². The molecule has 0 radical (unpaired) electrons. The number of aryl methyl sites for hydroxylation is 1. The molecule has 2 fully saturated rings. The maximum absolute atomic E-state index is 13.9. The van der Waals surface area contributed by atoms with E-state index in [1.807, 2.05) is 0 Å². The maximum atomic E-state index is 13.9. The van der Waals surface area contributed by atoms with E-state index in [1.165, 1.54) is 0 Å². The van der Waals surface area contributed by atoms with Crippen molar-refractivity contribution in [1.29, 1.82) is 0 Å². The number of carbonyl (C=O) groups excluding carboxylic acids is 1. The molecule has 27 heavy (non-hydrogen) atoms. The molecular weight excluding hydrogens is 358 g/mol. The minimum atomic E-state index is -0.686. The highest BCUT2D eigenvalue weighted by Crippen LogP contribution is 2.49. The Morgan fingerprint density at radius 2 is 2.11 bits per heavy atom. The highest BCUT2D eigenvalue weighted by Gasteiger charge is 2.51. The summed E-state index contributed by atoms with van der Waals surface area (Å²) in [6, 6.07) is 2.47. The molecule has 4 rings (SSSR count). The summed E-state index contributed by atoms with van der Waals surface area (Å²) in [4.78, 5) is 18.7. The number of hydrogen-bond donors (Lipinski definition) is 1. The Bertz CT molecular complexity index is 851. The van der Waals surface area contributed by atoms with Crippen LogP contribution in [-0.2, 0) is 4.74 Å². The van der Waals surface area contributed by atoms with Crippen molar-refractivity contribution in [2.24, 2.45) is 5.41 Å². The van der Waals surface area contributed by atoms with Crippen LogP contribution in [0.5, 0.6) is 0 Å². The summed E-state index contributed by atoms with van der Waals surface area (Å²) >= 11 is 0. The number of halogens is 2. The largest absolute Gasteiger partial charge is 0.381 e. The molecule has 7 nitrogen and oxygen atoms in total. The van der Waals surface area contributed by atoms with E-state index in [0.717, 1.165) is 31.0 Å². The first-order valence-corrected chi connectivity index (χ1v) is 8.86. The molecule has 0 saturated carbocycles. The summed E-state index contributed by atoms with van der Waals surface area (Å²) < 4.78 is 38.1. The number of nitrogens with zero attached hydrogens (tertiary/aromatic N) is 3. The molecule has 1 atom stereocenters. The Hall–Kier alpha value is -2.55. The van der Waals surface area contributed by atoms with Gasteiger partial charge in [-0.15, -0.1) is 0 Å². The normalized spacial score (nSPS) is 21.6. The van der Waals surface area contributed by atoms with Gasteiger partial charge in [0.05, 0.1) is 11.6 Å². The van der Waals surface area contributed by atoms with Crippen molar-refractivity contribution in [3.63, 3.8) is 0 Å². The Kier molecular flexibility index (Phi) is 4.55. The topological polar surface area (TPSA) is 80.5 Å². The number of urea groups is 1. The molecule has 0 unspecified atom stereocenters. The zero-order valence-electron chi connectivity index (χ0n) is 14.9. The van der Waals surface area contributed by atoms with Crippen molar-refractivity contribution in [2.45, 2.75) is 25.7 Å². The van der Waals surface area contributed by atoms with E-state index in [0.29, 0.717) is 38.0 Å². The summed E-state index contributed by atoms with van der Waals surface area (Å²) in [5.74, 6) is -0.383. The lowest BCUT2D eigenvalue weighted by Crippen LogP contribution is -2.38. The van der Waals surface area contributed by atoms with Gasteiger partial charge in [0.15, 0.2) is 5.82 Å². The highest BCUT2D eigenvalue weighted by molar-refractivity contribution is 5.89. The third kappa shape index (κ3) is 3.39. The van der Waals surface area contributed by atoms with Crippen molar-refractivity contribution in [3.8, 4) is 0 Å². The minimum Gasteiger partial charge on any atom is -0.381 e. The van der Waals surface area contributed by atoms with E-state index in [4.69, 9.17) is 9.26 Å². The van der Waals surface area contributed by atoms with Crippen molar-refractivity contribution in [1.82, 2.24) is 15.0 Å². The number of aromatic nitrogens is 2. The van der Waals surface area contributed by atoms with E-state index >= 15 is 0 Å². The standard InChI is InChI=1S/C18H20F2N4O3/c1-11-21-16(27-23-11)13-9-24(10-18(13)4-6-26-7-5-18)17(25)22-15-8-12(19)2-3-14(15)20/h2-3,8,13H,4-7,9-10H2,1H3,(H,22,25)/t13-/m0/s1. The molecule has 144 valence electrons. The third-order valence-electron chi connectivity index (χ3n) is 5.44. The van der Waals surface area contributed by atoms with Crippen molar-refractivity contribution < 1.29 is 22.8 Å². The van der Waals surface area contributed by atoms with Gasteiger partial charge in [-0.3, -0.25) is 0 Å². The van der Waals surface area contributed by atoms with Gasteiger partial charge >= 0.3 is 6.03 Å². The van der Waals surface area contributed by atoms with Crippen LogP contribution in [0.25, 0.3) is 0 Å². The smallest absolute Gasteiger partial charge is 0.321 e. The first kappa shape index (κ1) is 17.8. The second-order valence-corrected chi connectivity index (χ2v) is 7.14. The molecule has 3 heterocycles. The van der Waals surface area contributed by atoms with Crippen molar-refractivity contribution >= 4 is 11.7 Å². The first-order chi connectivity index (χ1) is 13.0. The summed E-state index contributed by atoms with van der Waals surface area (Å²) in [6.45, 7) is 3.76. The number of rotatable bonds is 2. The van der Waals surface area contributed by atoms with Crippen LogP contribution in [0.15, 0.2) is 22.7 Å². The zero-order chi connectivity index (χ0) is 19.0. The molecule has 1 spiro atoms. The van der Waals surface area contributed by atoms with Gasteiger partial charge in [0.1, 0.15) is 11.6 Å². The number of nitrogens with one attached hydrogen (secondary N) is 1. The van der Waals surface area contributed by atoms with Crippen LogP contribution in [0.2, 0.25) is 0 Å². The van der Waals surface area contributed by atoms with E-state index < -0.39 is 17.7 Å². The fraction of sp³-hybridized carbons (Fsp3) is 0.500. The van der Waals surface area contributed by atoms with Gasteiger partial charge in [-0.25, -0.2) is 13.6 Å². The zero-order valence-corrected chi connectivity index (χ0v) is 14.9. The summed E-state index contributed by atoms with van der Waals surface area (Å²) in [5.41, 5.74) is -0.409. The Balaban J connectivity index is 1.57. The van der Waals surface area contributed by atoms with E-state index in [9.17, 15) is 13.6 Å². The number of benzene rings is 1. The molecule has 1 aromatic heterocycles. The van der Waals surface area contributed by atoms with Crippen LogP contribution in [0.4, 0.5) is 19.3 Å². The molecule has 2 aliphatic rings. The van der Waals surface area contributed by atoms with E-state index in [-0.39, 0.29) is 17.0 Å². The average molecular weight is 378 g/mol. The number of likely N-dealkylation sites (tertiary alicyclic amines) is 1. The second kappa shape index (κ2) is 6.88. The highest BCUT2D eigenvalue weighted by atomic mass is 19.1.